The largest absolute Gasteiger partial charge is 0.464 e. The topological polar surface area (TPSA) is 94.5 Å². The molecule has 2 aromatic carbocycles. The van der Waals surface area contributed by atoms with E-state index >= 15 is 0 Å². The normalized spacial score (nSPS) is 12.2. The predicted molar refractivity (Wildman–Crippen MR) is 123 cm³/mol. The van der Waals surface area contributed by atoms with Crippen LogP contribution in [-0.2, 0) is 30.4 Å². The summed E-state index contributed by atoms with van der Waals surface area (Å²) in [4.78, 5) is 37.6. The standard InChI is InChI=1S/C25H28N2O6/c1-4-31-22(28)17-16-19(3)26-27(25(30)33-18-20-12-8-6-9-13-20)23(24(29)32-5-2)21-14-10-7-11-15-21/h6-17,23H,4-5,18H2,1-3H3/b17-16+,26-19+. The molecule has 0 saturated carbocycles. The van der Waals surface area contributed by atoms with Crippen LogP contribution in [0, 0.1) is 0 Å². The van der Waals surface area contributed by atoms with Gasteiger partial charge in [-0.25, -0.2) is 14.4 Å². The third-order valence-corrected chi connectivity index (χ3v) is 4.27. The van der Waals surface area contributed by atoms with Gasteiger partial charge >= 0.3 is 18.0 Å². The SMILES string of the molecule is CCOC(=O)/C=C/C(C)=N/N(C(=O)OCc1ccccc1)C(C(=O)OCC)c1ccccc1. The maximum Gasteiger partial charge on any atom is 0.431 e. The summed E-state index contributed by atoms with van der Waals surface area (Å²) < 4.78 is 15.5. The second-order valence-electron chi connectivity index (χ2n) is 6.78. The van der Waals surface area contributed by atoms with Crippen molar-refractivity contribution in [3.63, 3.8) is 0 Å². The van der Waals surface area contributed by atoms with Gasteiger partial charge in [0.1, 0.15) is 6.61 Å². The van der Waals surface area contributed by atoms with Crippen LogP contribution in [0.3, 0.4) is 0 Å². The zero-order valence-corrected chi connectivity index (χ0v) is 19.0. The van der Waals surface area contributed by atoms with Crippen molar-refractivity contribution >= 4 is 23.7 Å². The summed E-state index contributed by atoms with van der Waals surface area (Å²) in [7, 11) is 0. The molecule has 0 aliphatic carbocycles. The zero-order chi connectivity index (χ0) is 24.1. The van der Waals surface area contributed by atoms with Crippen molar-refractivity contribution in [1.29, 1.82) is 0 Å². The zero-order valence-electron chi connectivity index (χ0n) is 19.0. The van der Waals surface area contributed by atoms with Crippen LogP contribution in [0.4, 0.5) is 4.79 Å². The molecule has 0 heterocycles. The molecule has 33 heavy (non-hydrogen) atoms. The molecule has 0 spiro atoms. The van der Waals surface area contributed by atoms with Crippen molar-refractivity contribution in [1.82, 2.24) is 5.01 Å². The molecule has 1 atom stereocenters. The van der Waals surface area contributed by atoms with E-state index in [0.29, 0.717) is 5.56 Å². The first kappa shape index (κ1) is 25.3. The lowest BCUT2D eigenvalue weighted by molar-refractivity contribution is -0.149. The third kappa shape index (κ3) is 8.25. The summed E-state index contributed by atoms with van der Waals surface area (Å²) in [5.74, 6) is -1.21. The molecular formula is C25H28N2O6. The molecule has 0 aromatic heterocycles. The van der Waals surface area contributed by atoms with E-state index in [0.717, 1.165) is 10.6 Å². The lowest BCUT2D eigenvalue weighted by atomic mass is 10.1. The molecule has 1 unspecified atom stereocenters. The van der Waals surface area contributed by atoms with Gasteiger partial charge in [-0.05, 0) is 38.0 Å². The van der Waals surface area contributed by atoms with E-state index in [2.05, 4.69) is 5.10 Å². The number of benzene rings is 2. The van der Waals surface area contributed by atoms with E-state index in [1.165, 1.54) is 12.2 Å². The highest BCUT2D eigenvalue weighted by Gasteiger charge is 2.34. The minimum absolute atomic E-state index is 0.00621. The number of hydrogen-bond donors (Lipinski definition) is 0. The summed E-state index contributed by atoms with van der Waals surface area (Å²) in [6.45, 7) is 5.31. The Morgan fingerprint density at radius 2 is 1.48 bits per heavy atom. The summed E-state index contributed by atoms with van der Waals surface area (Å²) in [6, 6.07) is 16.6. The number of hydrogen-bond acceptors (Lipinski definition) is 7. The molecule has 0 radical (unpaired) electrons. The molecule has 1 amide bonds. The van der Waals surface area contributed by atoms with E-state index in [-0.39, 0.29) is 25.5 Å². The lowest BCUT2D eigenvalue weighted by Crippen LogP contribution is -2.37. The molecule has 0 aliphatic rings. The summed E-state index contributed by atoms with van der Waals surface area (Å²) in [6.07, 6.45) is 1.74. The number of carbonyl (C=O) groups excluding carboxylic acids is 3. The molecule has 2 rings (SSSR count). The first-order valence-corrected chi connectivity index (χ1v) is 10.6. The van der Waals surface area contributed by atoms with Crippen LogP contribution in [0.2, 0.25) is 0 Å². The van der Waals surface area contributed by atoms with Gasteiger partial charge in [-0.1, -0.05) is 60.7 Å². The molecule has 0 N–H and O–H groups in total. The van der Waals surface area contributed by atoms with Crippen LogP contribution >= 0.6 is 0 Å². The second-order valence-corrected chi connectivity index (χ2v) is 6.78. The van der Waals surface area contributed by atoms with Crippen molar-refractivity contribution < 1.29 is 28.6 Å². The van der Waals surface area contributed by atoms with Crippen LogP contribution in [-0.4, -0.2) is 42.0 Å². The lowest BCUT2D eigenvalue weighted by Gasteiger charge is -2.26. The molecule has 2 aromatic rings. The van der Waals surface area contributed by atoms with Crippen LogP contribution in [0.15, 0.2) is 77.9 Å². The Balaban J connectivity index is 2.39. The maximum absolute atomic E-state index is 13.1. The van der Waals surface area contributed by atoms with Crippen molar-refractivity contribution in [2.24, 2.45) is 5.10 Å². The third-order valence-electron chi connectivity index (χ3n) is 4.27. The van der Waals surface area contributed by atoms with Crippen LogP contribution in [0.5, 0.6) is 0 Å². The summed E-state index contributed by atoms with van der Waals surface area (Å²) >= 11 is 0. The van der Waals surface area contributed by atoms with Crippen molar-refractivity contribution in [2.45, 2.75) is 33.4 Å². The summed E-state index contributed by atoms with van der Waals surface area (Å²) in [5.41, 5.74) is 1.56. The second kappa shape index (κ2) is 13.5. The Kier molecular flexibility index (Phi) is 10.3. The highest BCUT2D eigenvalue weighted by Crippen LogP contribution is 2.24. The number of hydrazone groups is 1. The minimum Gasteiger partial charge on any atom is -0.464 e. The van der Waals surface area contributed by atoms with Gasteiger partial charge < -0.3 is 14.2 Å². The number of rotatable bonds is 10. The van der Waals surface area contributed by atoms with Gasteiger partial charge in [0.2, 0.25) is 0 Å². The average Bonchev–Trinajstić information content (AvgIpc) is 2.82. The number of carbonyl (C=O) groups is 3. The fraction of sp³-hybridized carbons (Fsp3) is 0.280. The number of nitrogens with zero attached hydrogens (tertiary/aromatic N) is 2. The Hall–Kier alpha value is -3.94. The molecule has 0 aliphatic heterocycles. The first-order valence-electron chi connectivity index (χ1n) is 10.6. The number of esters is 2. The number of amides is 1. The van der Waals surface area contributed by atoms with E-state index in [4.69, 9.17) is 14.2 Å². The van der Waals surface area contributed by atoms with Crippen LogP contribution < -0.4 is 0 Å². The van der Waals surface area contributed by atoms with Crippen molar-refractivity contribution in [3.05, 3.63) is 83.9 Å². The van der Waals surface area contributed by atoms with Crippen LogP contribution in [0.1, 0.15) is 37.9 Å². The molecule has 0 bridgehead atoms. The number of ether oxygens (including phenoxy) is 3. The van der Waals surface area contributed by atoms with E-state index in [1.54, 1.807) is 51.1 Å². The maximum atomic E-state index is 13.1. The molecule has 0 saturated heterocycles. The highest BCUT2D eigenvalue weighted by atomic mass is 16.6. The van der Waals surface area contributed by atoms with Gasteiger partial charge in [0.15, 0.2) is 6.04 Å². The highest BCUT2D eigenvalue weighted by molar-refractivity contribution is 5.98. The fourth-order valence-electron chi connectivity index (χ4n) is 2.81. The minimum atomic E-state index is -1.18. The van der Waals surface area contributed by atoms with Crippen molar-refractivity contribution in [3.8, 4) is 0 Å². The Bertz CT molecular complexity index is 973. The van der Waals surface area contributed by atoms with Gasteiger partial charge in [-0.15, -0.1) is 0 Å². The summed E-state index contributed by atoms with van der Waals surface area (Å²) in [5, 5.41) is 5.21. The van der Waals surface area contributed by atoms with E-state index in [1.807, 2.05) is 30.3 Å². The molecule has 8 nitrogen and oxygen atoms in total. The predicted octanol–water partition coefficient (Wildman–Crippen LogP) is 4.42. The van der Waals surface area contributed by atoms with Gasteiger partial charge in [0, 0.05) is 6.08 Å². The van der Waals surface area contributed by atoms with E-state index in [9.17, 15) is 14.4 Å². The van der Waals surface area contributed by atoms with Gasteiger partial charge in [0.05, 0.1) is 18.9 Å². The van der Waals surface area contributed by atoms with Gasteiger partial charge in [-0.2, -0.15) is 10.1 Å². The number of allylic oxidation sites excluding steroid dienone is 1. The van der Waals surface area contributed by atoms with E-state index < -0.39 is 24.1 Å². The fourth-order valence-corrected chi connectivity index (χ4v) is 2.81. The molecule has 174 valence electrons. The van der Waals surface area contributed by atoms with Crippen molar-refractivity contribution in [2.75, 3.05) is 13.2 Å². The van der Waals surface area contributed by atoms with Gasteiger partial charge in [-0.3, -0.25) is 0 Å². The van der Waals surface area contributed by atoms with Crippen LogP contribution in [0.25, 0.3) is 0 Å². The Morgan fingerprint density at radius 3 is 2.09 bits per heavy atom. The van der Waals surface area contributed by atoms with Gasteiger partial charge in [0.25, 0.3) is 0 Å². The quantitative estimate of drug-likeness (QED) is 0.174. The Morgan fingerprint density at radius 1 is 0.879 bits per heavy atom. The monoisotopic (exact) mass is 452 g/mol. The smallest absolute Gasteiger partial charge is 0.431 e. The Labute approximate surface area is 193 Å². The molecule has 8 heteroatoms. The average molecular weight is 453 g/mol. The molecule has 0 fully saturated rings. The molecular weight excluding hydrogens is 424 g/mol. The first-order chi connectivity index (χ1) is 16.0.